The van der Waals surface area contributed by atoms with Crippen LogP contribution in [0.2, 0.25) is 13.9 Å². The van der Waals surface area contributed by atoms with Gasteiger partial charge in [-0.3, -0.25) is 0 Å². The molecule has 0 saturated heterocycles. The van der Waals surface area contributed by atoms with Crippen LogP contribution in [-0.4, -0.2) is 14.5 Å². The molecule has 1 aromatic rings. The summed E-state index contributed by atoms with van der Waals surface area (Å²) in [6.07, 6.45) is 0. The molecule has 0 amide bonds. The molecule has 0 atom stereocenters. The third-order valence-electron chi connectivity index (χ3n) is 0.648. The third-order valence-corrected chi connectivity index (χ3v) is 4.34. The number of rotatable bonds is 0. The van der Waals surface area contributed by atoms with Gasteiger partial charge in [0.05, 0.1) is 0 Å². The van der Waals surface area contributed by atoms with Crippen molar-refractivity contribution in [2.75, 3.05) is 0 Å². The number of halogens is 3. The van der Waals surface area contributed by atoms with Crippen LogP contribution in [0.3, 0.4) is 0 Å². The second-order valence-electron chi connectivity index (χ2n) is 1.17. The van der Waals surface area contributed by atoms with Gasteiger partial charge in [-0.05, 0) is 0 Å². The fourth-order valence-electron chi connectivity index (χ4n) is 0.301. The van der Waals surface area contributed by atoms with Crippen LogP contribution >= 0.6 is 34.8 Å². The molecule has 0 aromatic carbocycles. The predicted octanol–water partition coefficient (Wildman–Crippen LogP) is 2.70. The van der Waals surface area contributed by atoms with E-state index in [1.807, 2.05) is 4.94 Å². The maximum atomic E-state index is 5.60. The van der Waals surface area contributed by atoms with Crippen LogP contribution in [0.25, 0.3) is 0 Å². The third kappa shape index (κ3) is 1.23. The Kier molecular flexibility index (Phi) is 2.30. The van der Waals surface area contributed by atoms with Crippen LogP contribution in [0.4, 0.5) is 0 Å². The summed E-state index contributed by atoms with van der Waals surface area (Å²) in [6, 6.07) is 0. The van der Waals surface area contributed by atoms with Gasteiger partial charge in [-0.15, -0.1) is 0 Å². The van der Waals surface area contributed by atoms with Crippen molar-refractivity contribution in [3.05, 3.63) is 18.9 Å². The Morgan fingerprint density at radius 1 is 1.25 bits per heavy atom. The SMILES string of the molecule is Clc1c[se]c(Cl)c1Cl. The average molecular weight is 234 g/mol. The fraction of sp³-hybridized carbons (Fsp3) is 0. The molecule has 0 fully saturated rings. The van der Waals surface area contributed by atoms with Gasteiger partial charge in [0.25, 0.3) is 0 Å². The summed E-state index contributed by atoms with van der Waals surface area (Å²) in [6.45, 7) is 0. The fourth-order valence-corrected chi connectivity index (χ4v) is 2.70. The summed E-state index contributed by atoms with van der Waals surface area (Å²) in [5.41, 5.74) is 0. The minimum atomic E-state index is 0.190. The first kappa shape index (κ1) is 6.98. The molecule has 8 heavy (non-hydrogen) atoms. The van der Waals surface area contributed by atoms with E-state index in [0.29, 0.717) is 13.9 Å². The zero-order valence-electron chi connectivity index (χ0n) is 3.62. The summed E-state index contributed by atoms with van der Waals surface area (Å²) in [5, 5.41) is 1.12. The Morgan fingerprint density at radius 2 is 1.88 bits per heavy atom. The normalized spacial score (nSPS) is 9.88. The van der Waals surface area contributed by atoms with Gasteiger partial charge in [-0.2, -0.15) is 0 Å². The zero-order valence-corrected chi connectivity index (χ0v) is 7.60. The molecule has 4 heteroatoms. The summed E-state index contributed by atoms with van der Waals surface area (Å²) in [7, 11) is 0. The van der Waals surface area contributed by atoms with E-state index >= 15 is 0 Å². The molecule has 0 spiro atoms. The Bertz CT molecular complexity index is 174. The molecule has 0 aliphatic heterocycles. The van der Waals surface area contributed by atoms with Gasteiger partial charge < -0.3 is 0 Å². The van der Waals surface area contributed by atoms with E-state index in [4.69, 9.17) is 34.8 Å². The molecule has 1 aromatic heterocycles. The topological polar surface area (TPSA) is 0 Å². The summed E-state index contributed by atoms with van der Waals surface area (Å²) < 4.78 is 0.698. The molecule has 0 N–H and O–H groups in total. The van der Waals surface area contributed by atoms with Crippen LogP contribution in [0.1, 0.15) is 0 Å². The van der Waals surface area contributed by atoms with E-state index in [-0.39, 0.29) is 14.5 Å². The molecule has 0 aliphatic carbocycles. The molecule has 0 radical (unpaired) electrons. The van der Waals surface area contributed by atoms with Gasteiger partial charge >= 0.3 is 68.2 Å². The number of hydrogen-bond donors (Lipinski definition) is 0. The van der Waals surface area contributed by atoms with Crippen LogP contribution in [0, 0.1) is 0 Å². The first-order valence-corrected chi connectivity index (χ1v) is 4.77. The minimum absolute atomic E-state index is 0.190. The van der Waals surface area contributed by atoms with Crippen molar-refractivity contribution < 1.29 is 0 Å². The Hall–Kier alpha value is 0.869. The Balaban J connectivity index is 3.19. The van der Waals surface area contributed by atoms with Gasteiger partial charge in [-0.1, -0.05) is 0 Å². The van der Waals surface area contributed by atoms with Gasteiger partial charge in [-0.25, -0.2) is 0 Å². The van der Waals surface area contributed by atoms with Gasteiger partial charge in [0.2, 0.25) is 0 Å². The van der Waals surface area contributed by atoms with Crippen LogP contribution in [-0.2, 0) is 0 Å². The van der Waals surface area contributed by atoms with Crippen molar-refractivity contribution >= 4 is 49.3 Å². The molecule has 0 nitrogen and oxygen atoms in total. The van der Waals surface area contributed by atoms with Crippen molar-refractivity contribution in [1.82, 2.24) is 0 Å². The number of hydrogen-bond acceptors (Lipinski definition) is 0. The second-order valence-corrected chi connectivity index (χ2v) is 4.69. The summed E-state index contributed by atoms with van der Waals surface area (Å²) in [5.74, 6) is 0. The van der Waals surface area contributed by atoms with E-state index in [1.54, 1.807) is 0 Å². The molecule has 1 heterocycles. The van der Waals surface area contributed by atoms with Crippen molar-refractivity contribution in [2.45, 2.75) is 0 Å². The molecule has 0 bridgehead atoms. The van der Waals surface area contributed by atoms with Crippen LogP contribution in [0.15, 0.2) is 4.94 Å². The average Bonchev–Trinajstić information content (AvgIpc) is 1.98. The van der Waals surface area contributed by atoms with Gasteiger partial charge in [0, 0.05) is 0 Å². The Morgan fingerprint density at radius 3 is 2.00 bits per heavy atom. The van der Waals surface area contributed by atoms with E-state index in [0.717, 1.165) is 0 Å². The van der Waals surface area contributed by atoms with E-state index in [2.05, 4.69) is 0 Å². The van der Waals surface area contributed by atoms with Crippen molar-refractivity contribution in [3.8, 4) is 0 Å². The molecule has 44 valence electrons. The van der Waals surface area contributed by atoms with Crippen molar-refractivity contribution in [1.29, 1.82) is 0 Å². The monoisotopic (exact) mass is 234 g/mol. The second kappa shape index (κ2) is 2.64. The molecular weight excluding hydrogens is 233 g/mol. The van der Waals surface area contributed by atoms with E-state index < -0.39 is 0 Å². The predicted molar refractivity (Wildman–Crippen MR) is 38.4 cm³/mol. The van der Waals surface area contributed by atoms with Crippen molar-refractivity contribution in [2.24, 2.45) is 0 Å². The first-order valence-electron chi connectivity index (χ1n) is 1.80. The molecule has 0 unspecified atom stereocenters. The molecule has 1 rings (SSSR count). The molecule has 0 aliphatic rings. The van der Waals surface area contributed by atoms with Gasteiger partial charge in [0.1, 0.15) is 0 Å². The van der Waals surface area contributed by atoms with E-state index in [9.17, 15) is 0 Å². The Labute approximate surface area is 68.1 Å². The standard InChI is InChI=1S/C4HCl3Se/c5-2-1-8-4(7)3(2)6/h1H. The first-order chi connectivity index (χ1) is 3.72. The summed E-state index contributed by atoms with van der Waals surface area (Å²) >= 11 is 16.9. The molecular formula is C4HCl3Se. The quantitative estimate of drug-likeness (QED) is 0.606. The van der Waals surface area contributed by atoms with Crippen LogP contribution < -0.4 is 0 Å². The maximum absolute atomic E-state index is 5.60. The molecule has 0 saturated carbocycles. The van der Waals surface area contributed by atoms with E-state index in [1.165, 1.54) is 0 Å². The van der Waals surface area contributed by atoms with Gasteiger partial charge in [0.15, 0.2) is 0 Å². The van der Waals surface area contributed by atoms with Crippen molar-refractivity contribution in [3.63, 3.8) is 0 Å². The zero-order chi connectivity index (χ0) is 6.15. The summed E-state index contributed by atoms with van der Waals surface area (Å²) in [4.78, 5) is 1.85. The van der Waals surface area contributed by atoms with Crippen LogP contribution in [0.5, 0.6) is 0 Å².